The fourth-order valence-corrected chi connectivity index (χ4v) is 3.65. The fraction of sp³-hybridized carbons (Fsp3) is 0.333. The van der Waals surface area contributed by atoms with E-state index in [2.05, 4.69) is 36.3 Å². The lowest BCUT2D eigenvalue weighted by molar-refractivity contribution is -0.345. The van der Waals surface area contributed by atoms with Gasteiger partial charge in [-0.1, -0.05) is 6.07 Å². The number of benzene rings is 2. The number of hydrogen-bond acceptors (Lipinski definition) is 5. The molecule has 0 aliphatic carbocycles. The molecule has 0 fully saturated rings. The van der Waals surface area contributed by atoms with Gasteiger partial charge in [0.25, 0.3) is 0 Å². The number of rotatable bonds is 8. The highest BCUT2D eigenvalue weighted by Crippen LogP contribution is 2.29. The Hall–Kier alpha value is -3.28. The molecule has 3 rings (SSSR count). The number of carbonyl (C=O) groups is 1. The standard InChI is InChI=1S/C24H28N2O4/c1-6-30-24(27)19-14-26-22-16(3)11-15(2)12-18(22)23(19)25-10-9-17-7-8-20(28-4)21(13-17)29-5/h7-8,11-14H,6,9-10H2,1-5H3,(H,25,26)/p+1. The van der Waals surface area contributed by atoms with Gasteiger partial charge in [-0.15, -0.1) is 0 Å². The Balaban J connectivity index is 1.91. The molecule has 0 radical (unpaired) electrons. The van der Waals surface area contributed by atoms with Gasteiger partial charge in [0.05, 0.1) is 31.9 Å². The molecule has 30 heavy (non-hydrogen) atoms. The summed E-state index contributed by atoms with van der Waals surface area (Å²) in [6, 6.07) is 10.1. The summed E-state index contributed by atoms with van der Waals surface area (Å²) in [5, 5.41) is 4.45. The van der Waals surface area contributed by atoms with E-state index in [1.807, 2.05) is 18.2 Å². The van der Waals surface area contributed by atoms with Gasteiger partial charge in [-0.25, -0.2) is 9.78 Å². The third kappa shape index (κ3) is 4.48. The lowest BCUT2D eigenvalue weighted by atomic mass is 10.0. The van der Waals surface area contributed by atoms with Crippen LogP contribution >= 0.6 is 0 Å². The molecule has 0 saturated heterocycles. The minimum atomic E-state index is -0.344. The van der Waals surface area contributed by atoms with E-state index in [1.165, 1.54) is 0 Å². The van der Waals surface area contributed by atoms with Crippen molar-refractivity contribution >= 4 is 22.6 Å². The van der Waals surface area contributed by atoms with E-state index in [4.69, 9.17) is 14.2 Å². The normalized spacial score (nSPS) is 10.7. The monoisotopic (exact) mass is 409 g/mol. The highest BCUT2D eigenvalue weighted by molar-refractivity contribution is 6.04. The molecule has 0 atom stereocenters. The van der Waals surface area contributed by atoms with Gasteiger partial charge in [-0.05, 0) is 62.6 Å². The molecule has 2 aromatic carbocycles. The first-order valence-electron chi connectivity index (χ1n) is 10.1. The molecule has 0 aliphatic rings. The molecule has 6 nitrogen and oxygen atoms in total. The molecule has 0 saturated carbocycles. The van der Waals surface area contributed by atoms with Crippen LogP contribution in [0.25, 0.3) is 10.9 Å². The predicted molar refractivity (Wildman–Crippen MR) is 118 cm³/mol. The van der Waals surface area contributed by atoms with Crippen LogP contribution < -0.4 is 19.8 Å². The molecular weight excluding hydrogens is 380 g/mol. The molecule has 2 N–H and O–H groups in total. The van der Waals surface area contributed by atoms with Gasteiger partial charge < -0.3 is 19.5 Å². The first kappa shape index (κ1) is 21.4. The molecule has 0 bridgehead atoms. The van der Waals surface area contributed by atoms with Crippen LogP contribution in [0.15, 0.2) is 36.5 Å². The van der Waals surface area contributed by atoms with Crippen LogP contribution in [0.1, 0.15) is 34.0 Å². The summed E-state index contributed by atoms with van der Waals surface area (Å²) in [4.78, 5) is 15.8. The average Bonchev–Trinajstić information content (AvgIpc) is 2.73. The highest BCUT2D eigenvalue weighted by Gasteiger charge is 2.21. The molecule has 6 heteroatoms. The van der Waals surface area contributed by atoms with E-state index in [0.29, 0.717) is 30.2 Å². The predicted octanol–water partition coefficient (Wildman–Crippen LogP) is 4.12. The Bertz CT molecular complexity index is 1060. The van der Waals surface area contributed by atoms with E-state index < -0.39 is 0 Å². The number of nitrogens with one attached hydrogen (secondary N) is 2. The van der Waals surface area contributed by atoms with Crippen molar-refractivity contribution in [3.8, 4) is 11.5 Å². The number of fused-ring (bicyclic) bond motifs is 1. The summed E-state index contributed by atoms with van der Waals surface area (Å²) in [7, 11) is 3.25. The second kappa shape index (κ2) is 9.48. The summed E-state index contributed by atoms with van der Waals surface area (Å²) >= 11 is 0. The van der Waals surface area contributed by atoms with Gasteiger partial charge in [0, 0.05) is 12.1 Å². The number of esters is 1. The van der Waals surface area contributed by atoms with Crippen LogP contribution in [0.5, 0.6) is 11.5 Å². The molecule has 0 aliphatic heterocycles. The number of aromatic nitrogens is 1. The van der Waals surface area contributed by atoms with Crippen molar-refractivity contribution in [2.24, 2.45) is 0 Å². The van der Waals surface area contributed by atoms with Crippen LogP contribution in [0, 0.1) is 13.8 Å². The smallest absolute Gasteiger partial charge is 0.346 e. The Kier molecular flexibility index (Phi) is 6.77. The lowest BCUT2D eigenvalue weighted by Crippen LogP contribution is -2.18. The zero-order valence-corrected chi connectivity index (χ0v) is 18.2. The maximum atomic E-state index is 12.6. The van der Waals surface area contributed by atoms with Crippen LogP contribution in [-0.2, 0) is 11.2 Å². The molecular formula is C24H29N2O4+. The SMILES string of the molecule is CCOC(=O)c1c[nH+]c2c(C)cc(C)cc2c1NCCc1ccc(OC)c(OC)c1. The minimum Gasteiger partial charge on any atom is -0.493 e. The highest BCUT2D eigenvalue weighted by atomic mass is 16.5. The van der Waals surface area contributed by atoms with Crippen molar-refractivity contribution < 1.29 is 24.0 Å². The van der Waals surface area contributed by atoms with Crippen molar-refractivity contribution in [2.75, 3.05) is 32.7 Å². The van der Waals surface area contributed by atoms with E-state index in [9.17, 15) is 4.79 Å². The van der Waals surface area contributed by atoms with Crippen molar-refractivity contribution in [3.05, 3.63) is 58.8 Å². The Labute approximate surface area is 177 Å². The molecule has 0 spiro atoms. The number of carbonyl (C=O) groups excluding carboxylic acids is 1. The van der Waals surface area contributed by atoms with Gasteiger partial charge in [0.1, 0.15) is 5.56 Å². The van der Waals surface area contributed by atoms with Crippen molar-refractivity contribution in [2.45, 2.75) is 27.2 Å². The summed E-state index contributed by atoms with van der Waals surface area (Å²) < 4.78 is 16.0. The van der Waals surface area contributed by atoms with E-state index in [0.717, 1.165) is 39.7 Å². The largest absolute Gasteiger partial charge is 0.493 e. The van der Waals surface area contributed by atoms with E-state index in [1.54, 1.807) is 27.3 Å². The molecule has 1 aromatic heterocycles. The Morgan fingerprint density at radius 2 is 1.83 bits per heavy atom. The van der Waals surface area contributed by atoms with Gasteiger partial charge in [0.15, 0.2) is 17.7 Å². The quantitative estimate of drug-likeness (QED) is 0.567. The minimum absolute atomic E-state index is 0.328. The topological polar surface area (TPSA) is 70.9 Å². The summed E-state index contributed by atoms with van der Waals surface area (Å²) in [5.41, 5.74) is 5.66. The second-order valence-corrected chi connectivity index (χ2v) is 7.17. The molecule has 3 aromatic rings. The first-order valence-corrected chi connectivity index (χ1v) is 10.1. The van der Waals surface area contributed by atoms with Crippen LogP contribution in [0.4, 0.5) is 5.69 Å². The number of aromatic amines is 1. The van der Waals surface area contributed by atoms with Crippen LogP contribution in [0.3, 0.4) is 0 Å². The fourth-order valence-electron chi connectivity index (χ4n) is 3.65. The van der Waals surface area contributed by atoms with Gasteiger partial charge in [0.2, 0.25) is 5.52 Å². The van der Waals surface area contributed by atoms with E-state index in [-0.39, 0.29) is 5.97 Å². The third-order valence-electron chi connectivity index (χ3n) is 5.04. The number of pyridine rings is 1. The van der Waals surface area contributed by atoms with Gasteiger partial charge in [-0.3, -0.25) is 0 Å². The average molecular weight is 410 g/mol. The second-order valence-electron chi connectivity index (χ2n) is 7.17. The lowest BCUT2D eigenvalue weighted by Gasteiger charge is -2.14. The van der Waals surface area contributed by atoms with Gasteiger partial charge in [-0.2, -0.15) is 0 Å². The number of hydrogen-bond donors (Lipinski definition) is 1. The maximum Gasteiger partial charge on any atom is 0.346 e. The molecule has 1 heterocycles. The number of aryl methyl sites for hydroxylation is 2. The Morgan fingerprint density at radius 1 is 1.07 bits per heavy atom. The number of anilines is 1. The number of methoxy groups -OCH3 is 2. The summed E-state index contributed by atoms with van der Waals surface area (Å²) in [6.07, 6.45) is 2.48. The number of H-pyrrole nitrogens is 1. The summed E-state index contributed by atoms with van der Waals surface area (Å²) in [5.74, 6) is 1.06. The van der Waals surface area contributed by atoms with Crippen LogP contribution in [-0.4, -0.2) is 33.3 Å². The molecule has 0 amide bonds. The maximum absolute atomic E-state index is 12.6. The summed E-state index contributed by atoms with van der Waals surface area (Å²) in [6.45, 7) is 6.89. The zero-order chi connectivity index (χ0) is 21.7. The van der Waals surface area contributed by atoms with Crippen molar-refractivity contribution in [3.63, 3.8) is 0 Å². The molecule has 158 valence electrons. The van der Waals surface area contributed by atoms with Gasteiger partial charge >= 0.3 is 5.97 Å². The van der Waals surface area contributed by atoms with E-state index >= 15 is 0 Å². The van der Waals surface area contributed by atoms with Crippen molar-refractivity contribution in [1.82, 2.24) is 0 Å². The Morgan fingerprint density at radius 3 is 2.53 bits per heavy atom. The number of ether oxygens (including phenoxy) is 3. The molecule has 0 unspecified atom stereocenters. The van der Waals surface area contributed by atoms with Crippen molar-refractivity contribution in [1.29, 1.82) is 0 Å². The third-order valence-corrected chi connectivity index (χ3v) is 5.04. The zero-order valence-electron chi connectivity index (χ0n) is 18.2. The first-order chi connectivity index (χ1) is 14.5. The van der Waals surface area contributed by atoms with Crippen LogP contribution in [0.2, 0.25) is 0 Å².